The molecule has 0 aliphatic carbocycles. The average molecular weight is 339 g/mol. The maximum atomic E-state index is 12.2. The number of carbonyl (C=O) groups excluding carboxylic acids is 2. The van der Waals surface area contributed by atoms with E-state index in [9.17, 15) is 9.59 Å². The lowest BCUT2D eigenvalue weighted by molar-refractivity contribution is -0.117. The van der Waals surface area contributed by atoms with Crippen molar-refractivity contribution >= 4 is 18.0 Å². The second-order valence-electron chi connectivity index (χ2n) is 4.94. The molecule has 0 aromatic heterocycles. The highest BCUT2D eigenvalue weighted by atomic mass is 16.5. The summed E-state index contributed by atoms with van der Waals surface area (Å²) in [5, 5.41) is 5.57. The SMILES string of the molecule is C/C=C(\C=C(/C=NC)C(=O)NCCCOC)C(=O)NCCCOC. The summed E-state index contributed by atoms with van der Waals surface area (Å²) in [4.78, 5) is 28.2. The number of nitrogens with one attached hydrogen (secondary N) is 2. The first kappa shape index (κ1) is 22.0. The third-order valence-electron chi connectivity index (χ3n) is 3.04. The van der Waals surface area contributed by atoms with E-state index in [-0.39, 0.29) is 11.8 Å². The van der Waals surface area contributed by atoms with Crippen molar-refractivity contribution in [2.75, 3.05) is 47.6 Å². The van der Waals surface area contributed by atoms with E-state index in [1.807, 2.05) is 0 Å². The number of rotatable bonds is 12. The molecule has 7 heteroatoms. The van der Waals surface area contributed by atoms with Crippen LogP contribution < -0.4 is 10.6 Å². The number of ether oxygens (including phenoxy) is 2. The van der Waals surface area contributed by atoms with E-state index in [4.69, 9.17) is 9.47 Å². The number of aliphatic imine (C=N–C) groups is 1. The van der Waals surface area contributed by atoms with Gasteiger partial charge in [-0.1, -0.05) is 6.08 Å². The van der Waals surface area contributed by atoms with Gasteiger partial charge in [0.25, 0.3) is 11.8 Å². The van der Waals surface area contributed by atoms with Crippen molar-refractivity contribution in [1.82, 2.24) is 10.6 Å². The Hall–Kier alpha value is -1.99. The molecule has 0 radical (unpaired) electrons. The molecule has 2 amide bonds. The highest BCUT2D eigenvalue weighted by molar-refractivity contribution is 6.14. The van der Waals surface area contributed by atoms with Gasteiger partial charge in [-0.05, 0) is 25.8 Å². The minimum atomic E-state index is -0.275. The lowest BCUT2D eigenvalue weighted by Crippen LogP contribution is -2.29. The minimum Gasteiger partial charge on any atom is -0.385 e. The van der Waals surface area contributed by atoms with E-state index in [0.29, 0.717) is 37.4 Å². The van der Waals surface area contributed by atoms with Gasteiger partial charge in [0.05, 0.1) is 5.57 Å². The Bertz CT molecular complexity index is 470. The summed E-state index contributed by atoms with van der Waals surface area (Å²) in [5.74, 6) is -0.508. The zero-order valence-electron chi connectivity index (χ0n) is 15.1. The van der Waals surface area contributed by atoms with Crippen LogP contribution in [-0.4, -0.2) is 65.6 Å². The van der Waals surface area contributed by atoms with Crippen LogP contribution in [0.25, 0.3) is 0 Å². The lowest BCUT2D eigenvalue weighted by Gasteiger charge is -2.08. The molecule has 2 N–H and O–H groups in total. The van der Waals surface area contributed by atoms with Crippen molar-refractivity contribution in [3.8, 4) is 0 Å². The van der Waals surface area contributed by atoms with E-state index in [1.165, 1.54) is 12.3 Å². The molecule has 0 unspecified atom stereocenters. The van der Waals surface area contributed by atoms with Crippen molar-refractivity contribution < 1.29 is 19.1 Å². The zero-order chi connectivity index (χ0) is 18.2. The molecule has 0 rings (SSSR count). The molecule has 0 aromatic carbocycles. The molecule has 0 heterocycles. The molecule has 0 saturated carbocycles. The van der Waals surface area contributed by atoms with Gasteiger partial charge in [-0.25, -0.2) is 0 Å². The van der Waals surface area contributed by atoms with E-state index in [2.05, 4.69) is 15.6 Å². The summed E-state index contributed by atoms with van der Waals surface area (Å²) in [6.07, 6.45) is 6.08. The molecule has 0 fully saturated rings. The van der Waals surface area contributed by atoms with Crippen LogP contribution in [0.4, 0.5) is 0 Å². The lowest BCUT2D eigenvalue weighted by atomic mass is 10.1. The maximum Gasteiger partial charge on any atom is 0.252 e. The Balaban J connectivity index is 4.79. The van der Waals surface area contributed by atoms with E-state index < -0.39 is 0 Å². The summed E-state index contributed by atoms with van der Waals surface area (Å²) >= 11 is 0. The van der Waals surface area contributed by atoms with Crippen LogP contribution in [0, 0.1) is 0 Å². The monoisotopic (exact) mass is 339 g/mol. The Morgan fingerprint density at radius 3 is 1.88 bits per heavy atom. The highest BCUT2D eigenvalue weighted by Crippen LogP contribution is 2.03. The predicted molar refractivity (Wildman–Crippen MR) is 95.3 cm³/mol. The number of carbonyl (C=O) groups is 2. The fourth-order valence-corrected chi connectivity index (χ4v) is 1.79. The van der Waals surface area contributed by atoms with Gasteiger partial charge in [0.2, 0.25) is 0 Å². The molecule has 0 saturated heterocycles. The molecular weight excluding hydrogens is 310 g/mol. The summed E-state index contributed by atoms with van der Waals surface area (Å²) in [6, 6.07) is 0. The van der Waals surface area contributed by atoms with Crippen LogP contribution in [0.15, 0.2) is 28.3 Å². The number of methoxy groups -OCH3 is 2. The van der Waals surface area contributed by atoms with E-state index in [0.717, 1.165) is 12.8 Å². The predicted octanol–water partition coefficient (Wildman–Crippen LogP) is 0.865. The molecule has 0 spiro atoms. The van der Waals surface area contributed by atoms with Gasteiger partial charge in [-0.2, -0.15) is 0 Å². The Kier molecular flexibility index (Phi) is 13.4. The van der Waals surface area contributed by atoms with E-state index in [1.54, 1.807) is 34.3 Å². The van der Waals surface area contributed by atoms with Crippen molar-refractivity contribution in [2.24, 2.45) is 4.99 Å². The number of nitrogens with zero attached hydrogens (tertiary/aromatic N) is 1. The van der Waals surface area contributed by atoms with Crippen molar-refractivity contribution in [2.45, 2.75) is 19.8 Å². The largest absolute Gasteiger partial charge is 0.385 e. The van der Waals surface area contributed by atoms with Crippen LogP contribution in [-0.2, 0) is 19.1 Å². The van der Waals surface area contributed by atoms with Crippen molar-refractivity contribution in [3.63, 3.8) is 0 Å². The van der Waals surface area contributed by atoms with Gasteiger partial charge in [-0.3, -0.25) is 14.6 Å². The van der Waals surface area contributed by atoms with Gasteiger partial charge >= 0.3 is 0 Å². The van der Waals surface area contributed by atoms with Gasteiger partial charge in [0, 0.05) is 59.4 Å². The molecule has 0 aromatic rings. The zero-order valence-corrected chi connectivity index (χ0v) is 15.1. The van der Waals surface area contributed by atoms with E-state index >= 15 is 0 Å². The van der Waals surface area contributed by atoms with Crippen LogP contribution in [0.2, 0.25) is 0 Å². The van der Waals surface area contributed by atoms with Gasteiger partial charge < -0.3 is 20.1 Å². The molecule has 7 nitrogen and oxygen atoms in total. The number of allylic oxidation sites excluding steroid dienone is 1. The molecule has 0 aliphatic heterocycles. The van der Waals surface area contributed by atoms with Crippen LogP contribution in [0.3, 0.4) is 0 Å². The fraction of sp³-hybridized carbons (Fsp3) is 0.588. The van der Waals surface area contributed by atoms with Crippen molar-refractivity contribution in [1.29, 1.82) is 0 Å². The maximum absolute atomic E-state index is 12.2. The van der Waals surface area contributed by atoms with Gasteiger partial charge in [0.1, 0.15) is 0 Å². The van der Waals surface area contributed by atoms with Crippen LogP contribution in [0.5, 0.6) is 0 Å². The second kappa shape index (κ2) is 14.6. The quantitative estimate of drug-likeness (QED) is 0.239. The van der Waals surface area contributed by atoms with Crippen molar-refractivity contribution in [3.05, 3.63) is 23.3 Å². The van der Waals surface area contributed by atoms with Crippen LogP contribution >= 0.6 is 0 Å². The van der Waals surface area contributed by atoms with Gasteiger partial charge in [-0.15, -0.1) is 0 Å². The molecular formula is C17H29N3O4. The third-order valence-corrected chi connectivity index (χ3v) is 3.04. The van der Waals surface area contributed by atoms with Gasteiger partial charge in [0.15, 0.2) is 0 Å². The normalized spacial score (nSPS) is 12.5. The third kappa shape index (κ3) is 9.91. The standard InChI is InChI=1S/C17H29N3O4/c1-5-14(16(21)19-8-6-10-23-3)12-15(13-18-2)17(22)20-9-7-11-24-4/h5,12-13H,6-11H2,1-4H3,(H,19,21)(H,20,22)/b14-5+,15-12+,18-13?. The average Bonchev–Trinajstić information content (AvgIpc) is 2.58. The molecule has 0 aliphatic rings. The number of amides is 2. The summed E-state index contributed by atoms with van der Waals surface area (Å²) in [5.41, 5.74) is 0.740. The smallest absolute Gasteiger partial charge is 0.252 e. The highest BCUT2D eigenvalue weighted by Gasteiger charge is 2.11. The second-order valence-corrected chi connectivity index (χ2v) is 4.94. The number of hydrogen-bond acceptors (Lipinski definition) is 5. The molecule has 0 atom stereocenters. The first-order valence-electron chi connectivity index (χ1n) is 7.95. The summed E-state index contributed by atoms with van der Waals surface area (Å²) in [7, 11) is 4.80. The summed E-state index contributed by atoms with van der Waals surface area (Å²) < 4.78 is 9.87. The molecule has 0 bridgehead atoms. The molecule has 24 heavy (non-hydrogen) atoms. The minimum absolute atomic E-state index is 0.234. The number of hydrogen-bond donors (Lipinski definition) is 2. The first-order chi connectivity index (χ1) is 11.6. The Morgan fingerprint density at radius 2 is 1.46 bits per heavy atom. The van der Waals surface area contributed by atoms with Crippen LogP contribution in [0.1, 0.15) is 19.8 Å². The Morgan fingerprint density at radius 1 is 0.958 bits per heavy atom. The topological polar surface area (TPSA) is 89.0 Å². The first-order valence-corrected chi connectivity index (χ1v) is 7.95. The summed E-state index contributed by atoms with van der Waals surface area (Å²) in [6.45, 7) is 3.91. The fourth-order valence-electron chi connectivity index (χ4n) is 1.79. The molecule has 136 valence electrons. The Labute approximate surface area is 144 Å².